The van der Waals surface area contributed by atoms with Crippen molar-refractivity contribution in [2.45, 2.75) is 32.1 Å². The third-order valence-corrected chi connectivity index (χ3v) is 5.10. The van der Waals surface area contributed by atoms with Crippen molar-refractivity contribution in [2.24, 2.45) is 0 Å². The largest absolute Gasteiger partial charge is 0.435 e. The molecule has 0 bridgehead atoms. The Morgan fingerprint density at radius 2 is 1.91 bits per heavy atom. The van der Waals surface area contributed by atoms with E-state index in [1.807, 2.05) is 0 Å². The summed E-state index contributed by atoms with van der Waals surface area (Å²) in [6.45, 7) is 2.89. The van der Waals surface area contributed by atoms with Gasteiger partial charge in [0, 0.05) is 17.7 Å². The van der Waals surface area contributed by atoms with Crippen molar-refractivity contribution < 1.29 is 30.8 Å². The maximum absolute atomic E-state index is 13.7. The van der Waals surface area contributed by atoms with Gasteiger partial charge in [0.1, 0.15) is 5.82 Å². The summed E-state index contributed by atoms with van der Waals surface area (Å²) in [6.07, 6.45) is -2.06. The van der Waals surface area contributed by atoms with Crippen molar-refractivity contribution >= 4 is 33.0 Å². The second-order valence-corrected chi connectivity index (χ2v) is 9.19. The van der Waals surface area contributed by atoms with Gasteiger partial charge in [-0.3, -0.25) is 4.79 Å². The number of alkyl halides is 3. The molecule has 0 saturated heterocycles. The van der Waals surface area contributed by atoms with Gasteiger partial charge in [-0.05, 0) is 25.5 Å². The lowest BCUT2D eigenvalue weighted by atomic mass is 10.1. The zero-order valence-corrected chi connectivity index (χ0v) is 18.6. The quantitative estimate of drug-likeness (QED) is 0.561. The van der Waals surface area contributed by atoms with Crippen LogP contribution in [0.25, 0.3) is 0 Å². The first-order valence-electron chi connectivity index (χ1n) is 9.03. The van der Waals surface area contributed by atoms with Crippen molar-refractivity contribution in [1.29, 1.82) is 0 Å². The average Bonchev–Trinajstić information content (AvgIpc) is 2.67. The second-order valence-electron chi connectivity index (χ2n) is 6.88. The van der Waals surface area contributed by atoms with E-state index in [0.29, 0.717) is 0 Å². The van der Waals surface area contributed by atoms with Crippen LogP contribution in [0.1, 0.15) is 41.8 Å². The number of aromatic nitrogens is 2. The van der Waals surface area contributed by atoms with Crippen molar-refractivity contribution in [2.75, 3.05) is 11.6 Å². The van der Waals surface area contributed by atoms with Crippen molar-refractivity contribution in [3.63, 3.8) is 0 Å². The number of halogens is 5. The molecule has 0 aliphatic carbocycles. The highest BCUT2D eigenvalue weighted by molar-refractivity contribution is 7.93. The Balaban J connectivity index is 2.30. The normalized spacial score (nSPS) is 14.2. The Kier molecular flexibility index (Phi) is 7.83. The molecule has 0 spiro atoms. The zero-order valence-electron chi connectivity index (χ0n) is 17.0. The minimum absolute atomic E-state index is 0.216. The molecule has 13 heteroatoms. The van der Waals surface area contributed by atoms with E-state index < -0.39 is 57.0 Å². The van der Waals surface area contributed by atoms with Gasteiger partial charge in [0.25, 0.3) is 5.91 Å². The first-order chi connectivity index (χ1) is 14.7. The first kappa shape index (κ1) is 25.5. The molecule has 32 heavy (non-hydrogen) atoms. The van der Waals surface area contributed by atoms with Crippen LogP contribution in [-0.4, -0.2) is 36.6 Å². The number of sulfone groups is 1. The molecule has 2 rings (SSSR count). The highest BCUT2D eigenvalue weighted by Crippen LogP contribution is 2.35. The summed E-state index contributed by atoms with van der Waals surface area (Å²) < 4.78 is 76.7. The molecule has 1 aromatic carbocycles. The molecular formula is C19H19ClF4N4O3S. The molecule has 0 aliphatic rings. The van der Waals surface area contributed by atoms with Crippen LogP contribution in [0.3, 0.4) is 0 Å². The van der Waals surface area contributed by atoms with E-state index in [0.717, 1.165) is 30.0 Å². The summed E-state index contributed by atoms with van der Waals surface area (Å²) in [5, 5.41) is 5.44. The monoisotopic (exact) mass is 494 g/mol. The van der Waals surface area contributed by atoms with Crippen LogP contribution in [0, 0.1) is 5.82 Å². The zero-order chi connectivity index (χ0) is 24.3. The minimum atomic E-state index is -4.94. The molecule has 0 aliphatic heterocycles. The van der Waals surface area contributed by atoms with E-state index in [2.05, 4.69) is 20.6 Å². The Hall–Kier alpha value is -2.73. The SMILES string of the molecule is C[C@H](/C=C/S(C)(=O)=O)NC(=O)c1ncc(N[C@H](C)c2cccc(F)c2Cl)c(C(F)(F)F)n1. The lowest BCUT2D eigenvalue weighted by molar-refractivity contribution is -0.140. The number of carbonyl (C=O) groups excluding carboxylic acids is 1. The van der Waals surface area contributed by atoms with Gasteiger partial charge in [-0.2, -0.15) is 13.2 Å². The Morgan fingerprint density at radius 3 is 2.50 bits per heavy atom. The third kappa shape index (κ3) is 6.89. The molecule has 2 atom stereocenters. The fourth-order valence-electron chi connectivity index (χ4n) is 2.56. The Labute approximate surface area is 186 Å². The van der Waals surface area contributed by atoms with Gasteiger partial charge in [0.2, 0.25) is 5.82 Å². The number of rotatable bonds is 7. The molecular weight excluding hydrogens is 476 g/mol. The molecule has 1 aromatic heterocycles. The van der Waals surface area contributed by atoms with Crippen LogP contribution < -0.4 is 10.6 Å². The molecule has 1 heterocycles. The lowest BCUT2D eigenvalue weighted by Gasteiger charge is -2.20. The molecule has 2 aromatic rings. The topological polar surface area (TPSA) is 101 Å². The third-order valence-electron chi connectivity index (χ3n) is 4.05. The molecule has 7 nitrogen and oxygen atoms in total. The number of amides is 1. The fraction of sp³-hybridized carbons (Fsp3) is 0.316. The standard InChI is InChI=1S/C19H19ClF4N4O3S/c1-10(7-8-32(3,30)31)26-18(29)17-25-9-14(16(28-17)19(22,23)24)27-11(2)12-5-4-6-13(21)15(12)20/h4-11,27H,1-3H3,(H,26,29)/b8-7+/t10-,11-/m1/s1. The van der Waals surface area contributed by atoms with E-state index in [9.17, 15) is 30.8 Å². The summed E-state index contributed by atoms with van der Waals surface area (Å²) in [7, 11) is -3.44. The van der Waals surface area contributed by atoms with E-state index in [1.165, 1.54) is 26.0 Å². The van der Waals surface area contributed by atoms with Crippen LogP contribution in [0.15, 0.2) is 35.9 Å². The van der Waals surface area contributed by atoms with Crippen molar-refractivity contribution in [3.05, 3.63) is 63.8 Å². The molecule has 2 N–H and O–H groups in total. The highest BCUT2D eigenvalue weighted by atomic mass is 35.5. The number of carbonyl (C=O) groups is 1. The van der Waals surface area contributed by atoms with Gasteiger partial charge in [0.05, 0.1) is 22.9 Å². The van der Waals surface area contributed by atoms with Crippen LogP contribution in [-0.2, 0) is 16.0 Å². The fourth-order valence-corrected chi connectivity index (χ4v) is 3.37. The van der Waals surface area contributed by atoms with Crippen LogP contribution in [0.5, 0.6) is 0 Å². The van der Waals surface area contributed by atoms with Crippen LogP contribution in [0.4, 0.5) is 23.2 Å². The van der Waals surface area contributed by atoms with Gasteiger partial charge < -0.3 is 10.6 Å². The predicted molar refractivity (Wildman–Crippen MR) is 111 cm³/mol. The number of benzene rings is 1. The van der Waals surface area contributed by atoms with E-state index in [1.54, 1.807) is 0 Å². The maximum atomic E-state index is 13.7. The van der Waals surface area contributed by atoms with Crippen LogP contribution >= 0.6 is 11.6 Å². The van der Waals surface area contributed by atoms with E-state index in [-0.39, 0.29) is 10.6 Å². The molecule has 0 radical (unpaired) electrons. The van der Waals surface area contributed by atoms with Crippen LogP contribution in [0.2, 0.25) is 5.02 Å². The number of nitrogens with zero attached hydrogens (tertiary/aromatic N) is 2. The summed E-state index contributed by atoms with van der Waals surface area (Å²) >= 11 is 5.89. The Bertz CT molecular complexity index is 1140. The van der Waals surface area contributed by atoms with E-state index >= 15 is 0 Å². The van der Waals surface area contributed by atoms with Gasteiger partial charge in [-0.1, -0.05) is 29.8 Å². The molecule has 0 saturated carbocycles. The van der Waals surface area contributed by atoms with Gasteiger partial charge >= 0.3 is 6.18 Å². The average molecular weight is 495 g/mol. The van der Waals surface area contributed by atoms with Crippen molar-refractivity contribution in [3.8, 4) is 0 Å². The minimum Gasteiger partial charge on any atom is -0.375 e. The van der Waals surface area contributed by atoms with Gasteiger partial charge in [-0.25, -0.2) is 22.8 Å². The molecule has 174 valence electrons. The lowest BCUT2D eigenvalue weighted by Crippen LogP contribution is -2.33. The highest BCUT2D eigenvalue weighted by Gasteiger charge is 2.37. The number of hydrogen-bond acceptors (Lipinski definition) is 6. The maximum Gasteiger partial charge on any atom is 0.435 e. The summed E-state index contributed by atoms with van der Waals surface area (Å²) in [6, 6.07) is 2.27. The molecule has 1 amide bonds. The summed E-state index contributed by atoms with van der Waals surface area (Å²) in [4.78, 5) is 19.2. The van der Waals surface area contributed by atoms with Gasteiger partial charge in [0.15, 0.2) is 15.5 Å². The number of hydrogen-bond donors (Lipinski definition) is 2. The predicted octanol–water partition coefficient (Wildman–Crippen LogP) is 4.14. The Morgan fingerprint density at radius 1 is 1.25 bits per heavy atom. The molecule has 0 unspecified atom stereocenters. The van der Waals surface area contributed by atoms with E-state index in [4.69, 9.17) is 11.6 Å². The van der Waals surface area contributed by atoms with Crippen molar-refractivity contribution in [1.82, 2.24) is 15.3 Å². The smallest absolute Gasteiger partial charge is 0.375 e. The second kappa shape index (κ2) is 9.82. The number of anilines is 1. The first-order valence-corrected chi connectivity index (χ1v) is 11.4. The molecule has 0 fully saturated rings. The summed E-state index contributed by atoms with van der Waals surface area (Å²) in [5.41, 5.74) is -1.73. The summed E-state index contributed by atoms with van der Waals surface area (Å²) in [5.74, 6) is -2.52. The van der Waals surface area contributed by atoms with Gasteiger partial charge in [-0.15, -0.1) is 0 Å². The number of nitrogens with one attached hydrogen (secondary N) is 2.